The summed E-state index contributed by atoms with van der Waals surface area (Å²) in [6, 6.07) is 11.7. The zero-order chi connectivity index (χ0) is 21.9. The number of carbonyl (C=O) groups is 2. The van der Waals surface area contributed by atoms with E-state index in [9.17, 15) is 14.7 Å². The summed E-state index contributed by atoms with van der Waals surface area (Å²) in [4.78, 5) is 22.8. The van der Waals surface area contributed by atoms with Crippen molar-refractivity contribution in [3.63, 3.8) is 0 Å². The van der Waals surface area contributed by atoms with Gasteiger partial charge in [-0.15, -0.1) is 0 Å². The molecule has 0 fully saturated rings. The van der Waals surface area contributed by atoms with Gasteiger partial charge < -0.3 is 24.1 Å². The molecule has 0 aliphatic carbocycles. The number of ether oxygens (including phenoxy) is 4. The first kappa shape index (κ1) is 22.5. The summed E-state index contributed by atoms with van der Waals surface area (Å²) in [6.45, 7) is 9.33. The van der Waals surface area contributed by atoms with Gasteiger partial charge >= 0.3 is 11.9 Å². The number of hydrogen-bond acceptors (Lipinski definition) is 6. The molecule has 1 N–H and O–H groups in total. The van der Waals surface area contributed by atoms with Crippen LogP contribution in [0.3, 0.4) is 0 Å². The first-order valence-corrected chi connectivity index (χ1v) is 9.23. The lowest BCUT2D eigenvalue weighted by Crippen LogP contribution is -2.20. The molecule has 0 radical (unpaired) electrons. The van der Waals surface area contributed by atoms with Crippen molar-refractivity contribution in [3.8, 4) is 22.6 Å². The quantitative estimate of drug-likeness (QED) is 0.243. The fourth-order valence-electron chi connectivity index (χ4n) is 2.55. The molecule has 0 saturated heterocycles. The largest absolute Gasteiger partial charge is 0.498 e. The van der Waals surface area contributed by atoms with Crippen LogP contribution in [0.5, 0.6) is 11.5 Å². The molecule has 1 atom stereocenters. The van der Waals surface area contributed by atoms with Crippen LogP contribution in [0.25, 0.3) is 11.1 Å². The second-order valence-electron chi connectivity index (χ2n) is 6.19. The molecule has 0 spiro atoms. The number of carboxylic acids is 1. The molecule has 0 heterocycles. The van der Waals surface area contributed by atoms with E-state index in [0.717, 1.165) is 6.08 Å². The van der Waals surface area contributed by atoms with Crippen molar-refractivity contribution in [2.45, 2.75) is 13.0 Å². The number of esters is 1. The van der Waals surface area contributed by atoms with Gasteiger partial charge in [-0.25, -0.2) is 9.59 Å². The molecule has 2 rings (SSSR count). The van der Waals surface area contributed by atoms with Crippen LogP contribution < -0.4 is 9.47 Å². The Hall–Kier alpha value is -3.74. The Morgan fingerprint density at radius 1 is 1.03 bits per heavy atom. The lowest BCUT2D eigenvalue weighted by Gasteiger charge is -2.14. The van der Waals surface area contributed by atoms with Gasteiger partial charge in [-0.05, 0) is 48.4 Å². The maximum absolute atomic E-state index is 11.6. The van der Waals surface area contributed by atoms with Crippen molar-refractivity contribution in [2.75, 3.05) is 19.8 Å². The normalized spacial score (nSPS) is 11.1. The number of hydrogen-bond donors (Lipinski definition) is 1. The maximum atomic E-state index is 11.6. The fraction of sp³-hybridized carbons (Fsp3) is 0.217. The first-order chi connectivity index (χ1) is 14.4. The third kappa shape index (κ3) is 6.70. The predicted molar refractivity (Wildman–Crippen MR) is 112 cm³/mol. The molecule has 0 aliphatic rings. The van der Waals surface area contributed by atoms with Crippen LogP contribution in [0.4, 0.5) is 0 Å². The average molecular weight is 412 g/mol. The Morgan fingerprint density at radius 3 is 2.37 bits per heavy atom. The van der Waals surface area contributed by atoms with Gasteiger partial charge in [-0.3, -0.25) is 0 Å². The van der Waals surface area contributed by atoms with E-state index in [1.807, 2.05) is 0 Å². The molecule has 30 heavy (non-hydrogen) atoms. The van der Waals surface area contributed by atoms with E-state index in [1.165, 1.54) is 12.3 Å². The second kappa shape index (κ2) is 11.3. The van der Waals surface area contributed by atoms with E-state index in [1.54, 1.807) is 43.3 Å². The zero-order valence-corrected chi connectivity index (χ0v) is 16.7. The van der Waals surface area contributed by atoms with Crippen LogP contribution in [0.1, 0.15) is 17.3 Å². The highest BCUT2D eigenvalue weighted by Gasteiger charge is 2.14. The molecule has 0 bridgehead atoms. The summed E-state index contributed by atoms with van der Waals surface area (Å²) in [7, 11) is 0. The molecule has 2 aromatic rings. The Morgan fingerprint density at radius 2 is 1.73 bits per heavy atom. The summed E-state index contributed by atoms with van der Waals surface area (Å²) < 4.78 is 21.3. The molecule has 0 unspecified atom stereocenters. The van der Waals surface area contributed by atoms with Crippen LogP contribution in [0.2, 0.25) is 0 Å². The van der Waals surface area contributed by atoms with E-state index in [4.69, 9.17) is 18.9 Å². The first-order valence-electron chi connectivity index (χ1n) is 9.23. The van der Waals surface area contributed by atoms with Gasteiger partial charge in [0.15, 0.2) is 0 Å². The van der Waals surface area contributed by atoms with Crippen LogP contribution >= 0.6 is 0 Å². The molecule has 158 valence electrons. The Bertz CT molecular complexity index is 887. The highest BCUT2D eigenvalue weighted by Crippen LogP contribution is 2.30. The highest BCUT2D eigenvalue weighted by molar-refractivity contribution is 5.96. The van der Waals surface area contributed by atoms with E-state index in [0.29, 0.717) is 35.8 Å². The van der Waals surface area contributed by atoms with Gasteiger partial charge in [0.1, 0.15) is 37.4 Å². The van der Waals surface area contributed by atoms with E-state index >= 15 is 0 Å². The van der Waals surface area contributed by atoms with Crippen molar-refractivity contribution < 1.29 is 33.6 Å². The highest BCUT2D eigenvalue weighted by atomic mass is 16.6. The molecule has 2 aromatic carbocycles. The Labute approximate surface area is 175 Å². The van der Waals surface area contributed by atoms with E-state index in [-0.39, 0.29) is 12.2 Å². The number of carbonyl (C=O) groups excluding carboxylic acids is 1. The molecule has 0 amide bonds. The minimum Gasteiger partial charge on any atom is -0.498 e. The standard InChI is InChI=1S/C23H24O7/c1-4-22(24)30-16(3)15-29-18-8-6-17(7-9-18)21-14-19(28-13-12-27-5-2)10-11-20(21)23(25)26/h4-11,14,16H,1-2,12-13,15H2,3H3,(H,25,26)/t16-/m0/s1. The molecule has 7 heteroatoms. The van der Waals surface area contributed by atoms with Gasteiger partial charge in [0, 0.05) is 6.08 Å². The predicted octanol–water partition coefficient (Wildman–Crippen LogP) is 4.09. The summed E-state index contributed by atoms with van der Waals surface area (Å²) in [5.41, 5.74) is 1.37. The summed E-state index contributed by atoms with van der Waals surface area (Å²) in [5, 5.41) is 9.51. The molecular formula is C23H24O7. The van der Waals surface area contributed by atoms with Gasteiger partial charge in [0.05, 0.1) is 11.8 Å². The molecule has 7 nitrogen and oxygen atoms in total. The zero-order valence-electron chi connectivity index (χ0n) is 16.7. The monoisotopic (exact) mass is 412 g/mol. The number of benzene rings is 2. The summed E-state index contributed by atoms with van der Waals surface area (Å²) >= 11 is 0. The topological polar surface area (TPSA) is 91.3 Å². The van der Waals surface area contributed by atoms with Crippen LogP contribution in [-0.4, -0.2) is 43.0 Å². The van der Waals surface area contributed by atoms with Crippen LogP contribution in [-0.2, 0) is 14.3 Å². The number of carboxylic acid groups (broad SMARTS) is 1. The van der Waals surface area contributed by atoms with Gasteiger partial charge in [-0.2, -0.15) is 0 Å². The third-order valence-electron chi connectivity index (χ3n) is 3.94. The fourth-order valence-corrected chi connectivity index (χ4v) is 2.55. The van der Waals surface area contributed by atoms with Crippen molar-refractivity contribution in [3.05, 3.63) is 73.5 Å². The summed E-state index contributed by atoms with van der Waals surface area (Å²) in [5.74, 6) is -0.461. The average Bonchev–Trinajstić information content (AvgIpc) is 2.75. The minimum atomic E-state index is -1.04. The van der Waals surface area contributed by atoms with Crippen molar-refractivity contribution in [1.82, 2.24) is 0 Å². The van der Waals surface area contributed by atoms with Crippen LogP contribution in [0.15, 0.2) is 68.0 Å². The number of aromatic carboxylic acids is 1. The molecule has 0 aliphatic heterocycles. The van der Waals surface area contributed by atoms with E-state index in [2.05, 4.69) is 13.2 Å². The molecular weight excluding hydrogens is 388 g/mol. The third-order valence-corrected chi connectivity index (χ3v) is 3.94. The molecule has 0 saturated carbocycles. The van der Waals surface area contributed by atoms with Crippen molar-refractivity contribution in [2.24, 2.45) is 0 Å². The Kier molecular flexibility index (Phi) is 8.50. The second-order valence-corrected chi connectivity index (χ2v) is 6.19. The minimum absolute atomic E-state index is 0.156. The maximum Gasteiger partial charge on any atom is 0.336 e. The van der Waals surface area contributed by atoms with Gasteiger partial charge in [-0.1, -0.05) is 25.3 Å². The Balaban J connectivity index is 2.11. The summed E-state index contributed by atoms with van der Waals surface area (Å²) in [6.07, 6.45) is 1.99. The van der Waals surface area contributed by atoms with Crippen LogP contribution in [0, 0.1) is 0 Å². The smallest absolute Gasteiger partial charge is 0.336 e. The molecule has 0 aromatic heterocycles. The van der Waals surface area contributed by atoms with Crippen molar-refractivity contribution >= 4 is 11.9 Å². The van der Waals surface area contributed by atoms with E-state index < -0.39 is 18.0 Å². The lowest BCUT2D eigenvalue weighted by molar-refractivity contribution is -0.143. The lowest BCUT2D eigenvalue weighted by atomic mass is 9.99. The van der Waals surface area contributed by atoms with Gasteiger partial charge in [0.25, 0.3) is 0 Å². The SMILES string of the molecule is C=COCCOc1ccc(C(=O)O)c(-c2ccc(OC[C@H](C)OC(=O)C=C)cc2)c1. The number of rotatable bonds is 12. The van der Waals surface area contributed by atoms with Crippen molar-refractivity contribution in [1.29, 1.82) is 0 Å². The van der Waals surface area contributed by atoms with Gasteiger partial charge in [0.2, 0.25) is 0 Å².